The molecule has 0 aliphatic rings. The highest BCUT2D eigenvalue weighted by molar-refractivity contribution is 6.30. The van der Waals surface area contributed by atoms with Crippen molar-refractivity contribution in [1.82, 2.24) is 5.32 Å². The molecule has 1 N–H and O–H groups in total. The number of aryl methyl sites for hydroxylation is 1. The number of hydrogen-bond donors (Lipinski definition) is 1. The molecule has 1 rings (SSSR count). The first-order valence-corrected chi connectivity index (χ1v) is 6.39. The number of esters is 1. The summed E-state index contributed by atoms with van der Waals surface area (Å²) in [5.41, 5.74) is 2.25. The average Bonchev–Trinajstić information content (AvgIpc) is 2.31. The largest absolute Gasteiger partial charge is 0.468 e. The highest BCUT2D eigenvalue weighted by Gasteiger charge is 2.22. The van der Waals surface area contributed by atoms with Gasteiger partial charge in [0.05, 0.1) is 7.11 Å². The van der Waals surface area contributed by atoms with Gasteiger partial charge >= 0.3 is 5.97 Å². The topological polar surface area (TPSA) is 38.3 Å². The molecule has 1 aromatic rings. The summed E-state index contributed by atoms with van der Waals surface area (Å²) in [4.78, 5) is 11.6. The molecule has 0 fully saturated rings. The lowest BCUT2D eigenvalue weighted by atomic mass is 10.0. The van der Waals surface area contributed by atoms with Crippen molar-refractivity contribution in [3.63, 3.8) is 0 Å². The van der Waals surface area contributed by atoms with E-state index in [2.05, 4.69) is 5.32 Å². The Labute approximate surface area is 113 Å². The van der Waals surface area contributed by atoms with Crippen LogP contribution in [0.3, 0.4) is 0 Å². The SMILES string of the molecule is COC(=O)C(NCc1ccc(Cl)cc1C)C(C)C. The molecule has 0 aliphatic heterocycles. The molecule has 4 heteroatoms. The maximum Gasteiger partial charge on any atom is 0.323 e. The molecule has 0 spiro atoms. The second kappa shape index (κ2) is 6.76. The third-order valence-corrected chi connectivity index (χ3v) is 3.17. The Morgan fingerprint density at radius 2 is 2.11 bits per heavy atom. The van der Waals surface area contributed by atoms with Crippen LogP contribution in [0.25, 0.3) is 0 Å². The van der Waals surface area contributed by atoms with Crippen molar-refractivity contribution < 1.29 is 9.53 Å². The Kier molecular flexibility index (Phi) is 5.63. The fourth-order valence-electron chi connectivity index (χ4n) is 1.80. The van der Waals surface area contributed by atoms with E-state index < -0.39 is 0 Å². The Morgan fingerprint density at radius 1 is 1.44 bits per heavy atom. The summed E-state index contributed by atoms with van der Waals surface area (Å²) >= 11 is 5.91. The van der Waals surface area contributed by atoms with Gasteiger partial charge < -0.3 is 10.1 Å². The van der Waals surface area contributed by atoms with E-state index in [1.54, 1.807) is 0 Å². The lowest BCUT2D eigenvalue weighted by Gasteiger charge is -2.20. The number of methoxy groups -OCH3 is 1. The van der Waals surface area contributed by atoms with Crippen LogP contribution in [0.15, 0.2) is 18.2 Å². The molecule has 1 atom stereocenters. The Balaban J connectivity index is 2.70. The standard InChI is InChI=1S/C14H20ClNO2/c1-9(2)13(14(17)18-4)16-8-11-5-6-12(15)7-10(11)3/h5-7,9,13,16H,8H2,1-4H3. The summed E-state index contributed by atoms with van der Waals surface area (Å²) in [5.74, 6) is -0.0401. The molecule has 0 saturated carbocycles. The van der Waals surface area contributed by atoms with Crippen molar-refractivity contribution in [2.45, 2.75) is 33.4 Å². The minimum atomic E-state index is -0.287. The zero-order chi connectivity index (χ0) is 13.7. The third-order valence-electron chi connectivity index (χ3n) is 2.94. The molecule has 0 bridgehead atoms. The predicted octanol–water partition coefficient (Wildman–Crippen LogP) is 2.94. The highest BCUT2D eigenvalue weighted by Crippen LogP contribution is 2.15. The Bertz CT molecular complexity index is 418. The van der Waals surface area contributed by atoms with Gasteiger partial charge in [0.25, 0.3) is 0 Å². The lowest BCUT2D eigenvalue weighted by molar-refractivity contribution is -0.144. The van der Waals surface area contributed by atoms with Crippen LogP contribution in [0.1, 0.15) is 25.0 Å². The van der Waals surface area contributed by atoms with Gasteiger partial charge in [-0.1, -0.05) is 31.5 Å². The first-order chi connectivity index (χ1) is 8.45. The number of ether oxygens (including phenoxy) is 1. The van der Waals surface area contributed by atoms with Crippen LogP contribution in [0.4, 0.5) is 0 Å². The van der Waals surface area contributed by atoms with Crippen molar-refractivity contribution >= 4 is 17.6 Å². The van der Waals surface area contributed by atoms with Gasteiger partial charge in [-0.3, -0.25) is 4.79 Å². The highest BCUT2D eigenvalue weighted by atomic mass is 35.5. The average molecular weight is 270 g/mol. The van der Waals surface area contributed by atoms with E-state index in [9.17, 15) is 4.79 Å². The molecule has 0 aromatic heterocycles. The van der Waals surface area contributed by atoms with E-state index >= 15 is 0 Å². The zero-order valence-electron chi connectivity index (χ0n) is 11.3. The maximum absolute atomic E-state index is 11.6. The molecule has 1 aromatic carbocycles. The number of nitrogens with one attached hydrogen (secondary N) is 1. The predicted molar refractivity (Wildman–Crippen MR) is 73.7 cm³/mol. The van der Waals surface area contributed by atoms with Crippen LogP contribution in [0.5, 0.6) is 0 Å². The molecular formula is C14H20ClNO2. The van der Waals surface area contributed by atoms with E-state index in [1.165, 1.54) is 7.11 Å². The van der Waals surface area contributed by atoms with Crippen LogP contribution in [-0.4, -0.2) is 19.1 Å². The summed E-state index contributed by atoms with van der Waals surface area (Å²) in [6.45, 7) is 6.61. The molecule has 0 radical (unpaired) electrons. The first kappa shape index (κ1) is 15.0. The van der Waals surface area contributed by atoms with Gasteiger partial charge in [0, 0.05) is 11.6 Å². The molecular weight excluding hydrogens is 250 g/mol. The number of carbonyl (C=O) groups excluding carboxylic acids is 1. The van der Waals surface area contributed by atoms with Gasteiger partial charge in [-0.2, -0.15) is 0 Å². The number of rotatable bonds is 5. The summed E-state index contributed by atoms with van der Waals surface area (Å²) in [6.07, 6.45) is 0. The van der Waals surface area contributed by atoms with Gasteiger partial charge in [-0.15, -0.1) is 0 Å². The second-order valence-corrected chi connectivity index (χ2v) is 5.13. The summed E-state index contributed by atoms with van der Waals surface area (Å²) in [6, 6.07) is 5.46. The van der Waals surface area contributed by atoms with Gasteiger partial charge in [-0.25, -0.2) is 0 Å². The van der Waals surface area contributed by atoms with Crippen LogP contribution in [0, 0.1) is 12.8 Å². The monoisotopic (exact) mass is 269 g/mol. The molecule has 1 unspecified atom stereocenters. The molecule has 100 valence electrons. The molecule has 0 aliphatic carbocycles. The van der Waals surface area contributed by atoms with Crippen LogP contribution in [-0.2, 0) is 16.1 Å². The van der Waals surface area contributed by atoms with E-state index in [0.29, 0.717) is 6.54 Å². The maximum atomic E-state index is 11.6. The van der Waals surface area contributed by atoms with E-state index in [4.69, 9.17) is 16.3 Å². The molecule has 0 saturated heterocycles. The number of carbonyl (C=O) groups is 1. The molecule has 3 nitrogen and oxygen atoms in total. The first-order valence-electron chi connectivity index (χ1n) is 6.02. The summed E-state index contributed by atoms with van der Waals surface area (Å²) in [5, 5.41) is 3.96. The van der Waals surface area contributed by atoms with Gasteiger partial charge in [0.1, 0.15) is 6.04 Å². The van der Waals surface area contributed by atoms with Crippen molar-refractivity contribution in [1.29, 1.82) is 0 Å². The van der Waals surface area contributed by atoms with Crippen molar-refractivity contribution in [2.24, 2.45) is 5.92 Å². The summed E-state index contributed by atoms with van der Waals surface area (Å²) < 4.78 is 4.79. The van der Waals surface area contributed by atoms with Crippen molar-refractivity contribution in [2.75, 3.05) is 7.11 Å². The second-order valence-electron chi connectivity index (χ2n) is 4.70. The van der Waals surface area contributed by atoms with Crippen LogP contribution in [0.2, 0.25) is 5.02 Å². The van der Waals surface area contributed by atoms with E-state index in [0.717, 1.165) is 16.1 Å². The van der Waals surface area contributed by atoms with Crippen LogP contribution < -0.4 is 5.32 Å². The van der Waals surface area contributed by atoms with E-state index in [1.807, 2.05) is 39.0 Å². The third kappa shape index (κ3) is 4.00. The van der Waals surface area contributed by atoms with Crippen molar-refractivity contribution in [3.05, 3.63) is 34.3 Å². The number of benzene rings is 1. The summed E-state index contributed by atoms with van der Waals surface area (Å²) in [7, 11) is 1.41. The normalized spacial score (nSPS) is 12.6. The Hall–Kier alpha value is -1.06. The van der Waals surface area contributed by atoms with Gasteiger partial charge in [-0.05, 0) is 36.1 Å². The lowest BCUT2D eigenvalue weighted by Crippen LogP contribution is -2.41. The number of halogens is 1. The molecule has 18 heavy (non-hydrogen) atoms. The minimum Gasteiger partial charge on any atom is -0.468 e. The number of hydrogen-bond acceptors (Lipinski definition) is 3. The van der Waals surface area contributed by atoms with Gasteiger partial charge in [0.2, 0.25) is 0 Å². The molecule has 0 amide bonds. The van der Waals surface area contributed by atoms with E-state index in [-0.39, 0.29) is 17.9 Å². The molecule has 0 heterocycles. The quantitative estimate of drug-likeness (QED) is 0.836. The smallest absolute Gasteiger partial charge is 0.323 e. The fourth-order valence-corrected chi connectivity index (χ4v) is 2.02. The van der Waals surface area contributed by atoms with Crippen molar-refractivity contribution in [3.8, 4) is 0 Å². The van der Waals surface area contributed by atoms with Crippen LogP contribution >= 0.6 is 11.6 Å². The zero-order valence-corrected chi connectivity index (χ0v) is 12.0. The fraction of sp³-hybridized carbons (Fsp3) is 0.500. The minimum absolute atomic E-state index is 0.185. The van der Waals surface area contributed by atoms with Gasteiger partial charge in [0.15, 0.2) is 0 Å². The Morgan fingerprint density at radius 3 is 2.61 bits per heavy atom.